The number of ether oxygens (including phenoxy) is 1. The highest BCUT2D eigenvalue weighted by Crippen LogP contribution is 2.35. The van der Waals surface area contributed by atoms with E-state index in [1.807, 2.05) is 0 Å². The van der Waals surface area contributed by atoms with Crippen molar-refractivity contribution in [3.05, 3.63) is 46.3 Å². The van der Waals surface area contributed by atoms with Gasteiger partial charge in [0.25, 0.3) is 0 Å². The largest absolute Gasteiger partial charge is 0.508 e. The minimum absolute atomic E-state index is 0.134. The number of methoxy groups -OCH3 is 1. The third kappa shape index (κ3) is 1.94. The molecule has 3 aromatic rings. The molecule has 1 heterocycles. The minimum Gasteiger partial charge on any atom is -0.508 e. The van der Waals surface area contributed by atoms with Gasteiger partial charge in [0.05, 0.1) is 12.5 Å². The molecule has 2 aromatic carbocycles. The van der Waals surface area contributed by atoms with Gasteiger partial charge in [0, 0.05) is 22.4 Å². The molecule has 0 radical (unpaired) electrons. The van der Waals surface area contributed by atoms with E-state index in [4.69, 9.17) is 9.15 Å². The highest BCUT2D eigenvalue weighted by Gasteiger charge is 2.17. The molecule has 0 aliphatic carbocycles. The average Bonchev–Trinajstić information content (AvgIpc) is 2.45. The van der Waals surface area contributed by atoms with Crippen molar-refractivity contribution < 1.29 is 19.1 Å². The van der Waals surface area contributed by atoms with Crippen molar-refractivity contribution in [2.45, 2.75) is 6.92 Å². The molecule has 0 unspecified atom stereocenters. The Bertz CT molecular complexity index is 937. The molecule has 106 valence electrons. The van der Waals surface area contributed by atoms with Gasteiger partial charge in [0.2, 0.25) is 0 Å². The monoisotopic (exact) mass is 284 g/mol. The minimum atomic E-state index is -0.545. The third-order valence-corrected chi connectivity index (χ3v) is 3.38. The van der Waals surface area contributed by atoms with E-state index in [9.17, 15) is 14.7 Å². The predicted octanol–water partition coefficient (Wildman–Crippen LogP) is 2.86. The molecular weight excluding hydrogens is 272 g/mol. The normalized spacial score (nSPS) is 11.0. The Morgan fingerprint density at radius 2 is 2.00 bits per heavy atom. The molecule has 5 nitrogen and oxygen atoms in total. The Morgan fingerprint density at radius 1 is 1.24 bits per heavy atom. The van der Waals surface area contributed by atoms with Crippen LogP contribution in [0.2, 0.25) is 0 Å². The van der Waals surface area contributed by atoms with Gasteiger partial charge in [0.15, 0.2) is 5.78 Å². The highest BCUT2D eigenvalue weighted by atomic mass is 16.5. The molecule has 0 aliphatic rings. The number of aromatic hydroxyl groups is 1. The van der Waals surface area contributed by atoms with Gasteiger partial charge >= 0.3 is 5.63 Å². The smallest absolute Gasteiger partial charge is 0.344 e. The first-order chi connectivity index (χ1) is 10.0. The van der Waals surface area contributed by atoms with Gasteiger partial charge in [-0.3, -0.25) is 4.79 Å². The number of hydrogen-bond acceptors (Lipinski definition) is 5. The number of carbonyl (C=O) groups excluding carboxylic acids is 1. The first-order valence-electron chi connectivity index (χ1n) is 6.30. The van der Waals surface area contributed by atoms with Gasteiger partial charge in [-0.25, -0.2) is 4.79 Å². The predicted molar refractivity (Wildman–Crippen MR) is 78.2 cm³/mol. The number of phenols is 1. The molecular formula is C16H12O5. The van der Waals surface area contributed by atoms with Crippen LogP contribution in [0.1, 0.15) is 17.3 Å². The summed E-state index contributed by atoms with van der Waals surface area (Å²) in [6.45, 7) is 1.39. The van der Waals surface area contributed by atoms with Crippen molar-refractivity contribution in [2.75, 3.05) is 7.11 Å². The maximum Gasteiger partial charge on any atom is 0.344 e. The second-order valence-electron chi connectivity index (χ2n) is 4.70. The van der Waals surface area contributed by atoms with Crippen LogP contribution < -0.4 is 10.4 Å². The zero-order valence-electron chi connectivity index (χ0n) is 11.5. The van der Waals surface area contributed by atoms with Gasteiger partial charge in [-0.2, -0.15) is 0 Å². The van der Waals surface area contributed by atoms with E-state index in [0.29, 0.717) is 21.9 Å². The molecule has 1 aromatic heterocycles. The van der Waals surface area contributed by atoms with Gasteiger partial charge < -0.3 is 14.3 Å². The molecule has 0 bridgehead atoms. The van der Waals surface area contributed by atoms with Crippen LogP contribution in [0, 0.1) is 0 Å². The fourth-order valence-corrected chi connectivity index (χ4v) is 2.50. The fraction of sp³-hybridized carbons (Fsp3) is 0.125. The summed E-state index contributed by atoms with van der Waals surface area (Å²) in [6, 6.07) is 7.67. The standard InChI is InChI=1S/C16H12O5/c1-8(17)11-6-9(18)7-13-15(11)14-10(16(19)21-13)4-3-5-12(14)20-2/h3-7,18H,1-2H3. The van der Waals surface area contributed by atoms with Crippen LogP contribution in [0.15, 0.2) is 39.5 Å². The molecule has 21 heavy (non-hydrogen) atoms. The topological polar surface area (TPSA) is 76.7 Å². The number of rotatable bonds is 2. The van der Waals surface area contributed by atoms with E-state index in [-0.39, 0.29) is 22.7 Å². The van der Waals surface area contributed by atoms with E-state index < -0.39 is 5.63 Å². The van der Waals surface area contributed by atoms with Crippen molar-refractivity contribution >= 4 is 27.5 Å². The lowest BCUT2D eigenvalue weighted by atomic mass is 9.99. The first-order valence-corrected chi connectivity index (χ1v) is 6.30. The van der Waals surface area contributed by atoms with Gasteiger partial charge in [-0.05, 0) is 25.1 Å². The van der Waals surface area contributed by atoms with Crippen LogP contribution in [0.4, 0.5) is 0 Å². The number of fused-ring (bicyclic) bond motifs is 3. The Labute approximate surface area is 119 Å². The molecule has 0 amide bonds. The Balaban J connectivity index is 2.70. The second-order valence-corrected chi connectivity index (χ2v) is 4.70. The van der Waals surface area contributed by atoms with Crippen LogP contribution >= 0.6 is 0 Å². The molecule has 0 spiro atoms. The first kappa shape index (κ1) is 13.2. The summed E-state index contributed by atoms with van der Waals surface area (Å²) in [5.41, 5.74) is -0.109. The molecule has 1 N–H and O–H groups in total. The summed E-state index contributed by atoms with van der Waals surface area (Å²) in [5.74, 6) is 0.0978. The highest BCUT2D eigenvalue weighted by molar-refractivity contribution is 6.18. The lowest BCUT2D eigenvalue weighted by Crippen LogP contribution is -2.04. The summed E-state index contributed by atoms with van der Waals surface area (Å²) >= 11 is 0. The Hall–Kier alpha value is -2.82. The number of carbonyl (C=O) groups is 1. The number of phenolic OH excluding ortho intramolecular Hbond substituents is 1. The summed E-state index contributed by atoms with van der Waals surface area (Å²) in [7, 11) is 1.49. The second kappa shape index (κ2) is 4.63. The summed E-state index contributed by atoms with van der Waals surface area (Å²) in [4.78, 5) is 23.9. The van der Waals surface area contributed by atoms with E-state index in [0.717, 1.165) is 0 Å². The molecule has 0 saturated heterocycles. The number of ketones is 1. The zero-order valence-corrected chi connectivity index (χ0v) is 11.5. The Kier molecular flexibility index (Phi) is 2.90. The van der Waals surface area contributed by atoms with Gasteiger partial charge in [-0.1, -0.05) is 6.07 Å². The molecule has 3 rings (SSSR count). The lowest BCUT2D eigenvalue weighted by molar-refractivity contribution is 0.101. The van der Waals surface area contributed by atoms with Crippen LogP contribution in [-0.4, -0.2) is 18.0 Å². The number of Topliss-reactive ketones (excluding diaryl/α,β-unsaturated/α-hetero) is 1. The van der Waals surface area contributed by atoms with E-state index in [2.05, 4.69) is 0 Å². The summed E-state index contributed by atoms with van der Waals surface area (Å²) in [6.07, 6.45) is 0. The molecule has 0 fully saturated rings. The molecule has 0 saturated carbocycles. The van der Waals surface area contributed by atoms with E-state index in [1.165, 1.54) is 26.2 Å². The van der Waals surface area contributed by atoms with E-state index >= 15 is 0 Å². The van der Waals surface area contributed by atoms with Crippen molar-refractivity contribution in [1.82, 2.24) is 0 Å². The van der Waals surface area contributed by atoms with Crippen molar-refractivity contribution in [3.8, 4) is 11.5 Å². The van der Waals surface area contributed by atoms with Crippen molar-refractivity contribution in [2.24, 2.45) is 0 Å². The van der Waals surface area contributed by atoms with Crippen LogP contribution in [0.5, 0.6) is 11.5 Å². The van der Waals surface area contributed by atoms with Gasteiger partial charge in [-0.15, -0.1) is 0 Å². The quantitative estimate of drug-likeness (QED) is 0.445. The van der Waals surface area contributed by atoms with E-state index in [1.54, 1.807) is 18.2 Å². The summed E-state index contributed by atoms with van der Waals surface area (Å²) < 4.78 is 10.5. The molecule has 0 aliphatic heterocycles. The maximum atomic E-state index is 12.1. The fourth-order valence-electron chi connectivity index (χ4n) is 2.50. The summed E-state index contributed by atoms with van der Waals surface area (Å²) in [5, 5.41) is 11.0. The van der Waals surface area contributed by atoms with Crippen molar-refractivity contribution in [3.63, 3.8) is 0 Å². The number of benzene rings is 2. The number of hydrogen-bond donors (Lipinski definition) is 1. The SMILES string of the molecule is COc1cccc2c(=O)oc3cc(O)cc(C(C)=O)c3c12. The molecule has 0 atom stereocenters. The lowest BCUT2D eigenvalue weighted by Gasteiger charge is -2.10. The van der Waals surface area contributed by atoms with Crippen LogP contribution in [-0.2, 0) is 0 Å². The zero-order chi connectivity index (χ0) is 15.1. The average molecular weight is 284 g/mol. The van der Waals surface area contributed by atoms with Crippen LogP contribution in [0.25, 0.3) is 21.7 Å². The maximum absolute atomic E-state index is 12.1. The molecule has 5 heteroatoms. The third-order valence-electron chi connectivity index (χ3n) is 3.38. The van der Waals surface area contributed by atoms with Crippen LogP contribution in [0.3, 0.4) is 0 Å². The van der Waals surface area contributed by atoms with Crippen molar-refractivity contribution in [1.29, 1.82) is 0 Å². The Morgan fingerprint density at radius 3 is 2.67 bits per heavy atom. The van der Waals surface area contributed by atoms with Gasteiger partial charge in [0.1, 0.15) is 17.1 Å².